The van der Waals surface area contributed by atoms with Gasteiger partial charge < -0.3 is 10.0 Å². The standard InChI is InChI=1S/C12H11ClN2O3/c1-3-4-15(7-11(16)17)12(18)9-6-14-8(2)5-10(9)13/h1,5-6H,4,7H2,2H3,(H,16,17). The van der Waals surface area contributed by atoms with Crippen LogP contribution >= 0.6 is 11.6 Å². The molecule has 0 fully saturated rings. The van der Waals surface area contributed by atoms with Gasteiger partial charge in [-0.15, -0.1) is 6.42 Å². The molecule has 1 aromatic rings. The number of carboxylic acid groups (broad SMARTS) is 1. The lowest BCUT2D eigenvalue weighted by atomic mass is 10.2. The summed E-state index contributed by atoms with van der Waals surface area (Å²) in [4.78, 5) is 27.7. The zero-order valence-corrected chi connectivity index (χ0v) is 10.4. The second kappa shape index (κ2) is 6.03. The molecule has 0 aliphatic carbocycles. The molecule has 0 aromatic carbocycles. The summed E-state index contributed by atoms with van der Waals surface area (Å²) in [6.07, 6.45) is 6.41. The van der Waals surface area contributed by atoms with E-state index < -0.39 is 18.4 Å². The van der Waals surface area contributed by atoms with Crippen molar-refractivity contribution < 1.29 is 14.7 Å². The highest BCUT2D eigenvalue weighted by Crippen LogP contribution is 2.17. The van der Waals surface area contributed by atoms with Crippen LogP contribution in [0.5, 0.6) is 0 Å². The minimum Gasteiger partial charge on any atom is -0.480 e. The van der Waals surface area contributed by atoms with Crippen LogP contribution in [0, 0.1) is 19.3 Å². The maximum Gasteiger partial charge on any atom is 0.323 e. The molecule has 94 valence electrons. The third kappa shape index (κ3) is 3.47. The quantitative estimate of drug-likeness (QED) is 0.832. The molecule has 0 bridgehead atoms. The molecule has 1 rings (SSSR count). The number of aromatic nitrogens is 1. The molecule has 1 aromatic heterocycles. The Hall–Kier alpha value is -2.06. The van der Waals surface area contributed by atoms with Gasteiger partial charge in [0, 0.05) is 11.9 Å². The van der Waals surface area contributed by atoms with Crippen molar-refractivity contribution in [3.63, 3.8) is 0 Å². The Kier molecular flexibility index (Phi) is 4.69. The van der Waals surface area contributed by atoms with Crippen LogP contribution in [0.25, 0.3) is 0 Å². The second-order valence-electron chi connectivity index (χ2n) is 3.56. The van der Waals surface area contributed by atoms with E-state index in [9.17, 15) is 9.59 Å². The van der Waals surface area contributed by atoms with Crippen LogP contribution in [0.15, 0.2) is 12.3 Å². The van der Waals surface area contributed by atoms with Crippen molar-refractivity contribution in [1.82, 2.24) is 9.88 Å². The minimum atomic E-state index is -1.14. The first-order chi connectivity index (χ1) is 8.45. The number of carboxylic acids is 1. The van der Waals surface area contributed by atoms with Gasteiger partial charge in [0.25, 0.3) is 5.91 Å². The van der Waals surface area contributed by atoms with E-state index in [2.05, 4.69) is 10.9 Å². The van der Waals surface area contributed by atoms with E-state index in [1.165, 1.54) is 12.3 Å². The fraction of sp³-hybridized carbons (Fsp3) is 0.250. The van der Waals surface area contributed by atoms with Gasteiger partial charge in [0.15, 0.2) is 0 Å². The molecule has 5 nitrogen and oxygen atoms in total. The summed E-state index contributed by atoms with van der Waals surface area (Å²) in [5.41, 5.74) is 0.803. The highest BCUT2D eigenvalue weighted by atomic mass is 35.5. The summed E-state index contributed by atoms with van der Waals surface area (Å²) in [5, 5.41) is 8.93. The Labute approximate surface area is 109 Å². The van der Waals surface area contributed by atoms with Crippen molar-refractivity contribution in [1.29, 1.82) is 0 Å². The number of aliphatic carboxylic acids is 1. The number of halogens is 1. The first-order valence-corrected chi connectivity index (χ1v) is 5.40. The lowest BCUT2D eigenvalue weighted by Gasteiger charge is -2.18. The number of hydrogen-bond acceptors (Lipinski definition) is 3. The number of amides is 1. The number of carbonyl (C=O) groups is 2. The predicted octanol–water partition coefficient (Wildman–Crippen LogP) is 1.20. The average Bonchev–Trinajstić information content (AvgIpc) is 2.27. The van der Waals surface area contributed by atoms with E-state index in [4.69, 9.17) is 23.1 Å². The molecule has 1 heterocycles. The van der Waals surface area contributed by atoms with Crippen LogP contribution in [0.1, 0.15) is 16.1 Å². The van der Waals surface area contributed by atoms with Crippen LogP contribution in [-0.2, 0) is 4.79 Å². The molecule has 1 amide bonds. The van der Waals surface area contributed by atoms with E-state index in [1.807, 2.05) is 0 Å². The molecule has 0 atom stereocenters. The van der Waals surface area contributed by atoms with E-state index in [0.717, 1.165) is 4.90 Å². The summed E-state index contributed by atoms with van der Waals surface area (Å²) in [6, 6.07) is 1.53. The molecule has 0 aliphatic heterocycles. The number of hydrogen-bond donors (Lipinski definition) is 1. The van der Waals surface area contributed by atoms with Gasteiger partial charge in [0.2, 0.25) is 0 Å². The zero-order chi connectivity index (χ0) is 13.7. The number of nitrogens with zero attached hydrogens (tertiary/aromatic N) is 2. The number of rotatable bonds is 4. The SMILES string of the molecule is C#CCN(CC(=O)O)C(=O)c1cnc(C)cc1Cl. The van der Waals surface area contributed by atoms with Crippen molar-refractivity contribution in [2.24, 2.45) is 0 Å². The van der Waals surface area contributed by atoms with E-state index in [-0.39, 0.29) is 17.1 Å². The number of carbonyl (C=O) groups excluding carboxylic acids is 1. The maximum atomic E-state index is 12.0. The second-order valence-corrected chi connectivity index (χ2v) is 3.97. The van der Waals surface area contributed by atoms with Gasteiger partial charge in [0.05, 0.1) is 17.1 Å². The van der Waals surface area contributed by atoms with Gasteiger partial charge in [-0.25, -0.2) is 0 Å². The van der Waals surface area contributed by atoms with Crippen molar-refractivity contribution in [3.05, 3.63) is 28.5 Å². The third-order valence-electron chi connectivity index (χ3n) is 2.12. The first kappa shape index (κ1) is 14.0. The summed E-state index contributed by atoms with van der Waals surface area (Å²) in [7, 11) is 0. The predicted molar refractivity (Wildman–Crippen MR) is 66.4 cm³/mol. The summed E-state index contributed by atoms with van der Waals surface area (Å²) in [5.74, 6) is 0.541. The summed E-state index contributed by atoms with van der Waals surface area (Å²) < 4.78 is 0. The molecule has 0 unspecified atom stereocenters. The Morgan fingerprint density at radius 2 is 2.28 bits per heavy atom. The van der Waals surface area contributed by atoms with Crippen molar-refractivity contribution in [3.8, 4) is 12.3 Å². The fourth-order valence-corrected chi connectivity index (χ4v) is 1.61. The number of aryl methyl sites for hydroxylation is 1. The molecule has 0 aliphatic rings. The van der Waals surface area contributed by atoms with Crippen molar-refractivity contribution >= 4 is 23.5 Å². The smallest absolute Gasteiger partial charge is 0.323 e. The van der Waals surface area contributed by atoms with E-state index in [1.54, 1.807) is 6.92 Å². The largest absolute Gasteiger partial charge is 0.480 e. The third-order valence-corrected chi connectivity index (χ3v) is 2.43. The fourth-order valence-electron chi connectivity index (χ4n) is 1.33. The van der Waals surface area contributed by atoms with Crippen LogP contribution in [0.4, 0.5) is 0 Å². The molecule has 0 radical (unpaired) electrons. The van der Waals surface area contributed by atoms with Gasteiger partial charge in [-0.1, -0.05) is 17.5 Å². The normalized spacial score (nSPS) is 9.61. The Balaban J connectivity index is 3.02. The van der Waals surface area contributed by atoms with E-state index in [0.29, 0.717) is 5.69 Å². The molecule has 0 spiro atoms. The monoisotopic (exact) mass is 266 g/mol. The van der Waals surface area contributed by atoms with Gasteiger partial charge >= 0.3 is 5.97 Å². The zero-order valence-electron chi connectivity index (χ0n) is 9.68. The number of terminal acetylenes is 1. The van der Waals surface area contributed by atoms with Crippen LogP contribution in [0.2, 0.25) is 5.02 Å². The highest BCUT2D eigenvalue weighted by molar-refractivity contribution is 6.33. The maximum absolute atomic E-state index is 12.0. The Morgan fingerprint density at radius 1 is 1.61 bits per heavy atom. The molecule has 18 heavy (non-hydrogen) atoms. The molecule has 0 saturated carbocycles. The summed E-state index contributed by atoms with van der Waals surface area (Å²) in [6.45, 7) is 1.15. The van der Waals surface area contributed by atoms with Gasteiger partial charge in [0.1, 0.15) is 6.54 Å². The molecule has 0 saturated heterocycles. The van der Waals surface area contributed by atoms with E-state index >= 15 is 0 Å². The Morgan fingerprint density at radius 3 is 2.78 bits per heavy atom. The van der Waals surface area contributed by atoms with Gasteiger partial charge in [-0.3, -0.25) is 14.6 Å². The lowest BCUT2D eigenvalue weighted by Crippen LogP contribution is -2.36. The van der Waals surface area contributed by atoms with Gasteiger partial charge in [-0.2, -0.15) is 0 Å². The van der Waals surface area contributed by atoms with Gasteiger partial charge in [-0.05, 0) is 13.0 Å². The van der Waals surface area contributed by atoms with Crippen molar-refractivity contribution in [2.45, 2.75) is 6.92 Å². The van der Waals surface area contributed by atoms with Crippen molar-refractivity contribution in [2.75, 3.05) is 13.1 Å². The van der Waals surface area contributed by atoms with Crippen LogP contribution in [-0.4, -0.2) is 40.0 Å². The summed E-state index contributed by atoms with van der Waals surface area (Å²) >= 11 is 5.92. The minimum absolute atomic E-state index is 0.102. The molecular weight excluding hydrogens is 256 g/mol. The van der Waals surface area contributed by atoms with Crippen LogP contribution < -0.4 is 0 Å². The molecular formula is C12H11ClN2O3. The topological polar surface area (TPSA) is 70.5 Å². The first-order valence-electron chi connectivity index (χ1n) is 5.02. The highest BCUT2D eigenvalue weighted by Gasteiger charge is 2.20. The Bertz CT molecular complexity index is 523. The lowest BCUT2D eigenvalue weighted by molar-refractivity contribution is -0.137. The average molecular weight is 267 g/mol. The molecule has 6 heteroatoms. The number of pyridine rings is 1. The molecule has 1 N–H and O–H groups in total. The van der Waals surface area contributed by atoms with Crippen LogP contribution in [0.3, 0.4) is 0 Å².